The number of nitrogens with zero attached hydrogens (tertiary/aromatic N) is 2. The van der Waals surface area contributed by atoms with E-state index < -0.39 is 11.9 Å². The molecule has 0 aliphatic carbocycles. The van der Waals surface area contributed by atoms with Gasteiger partial charge in [0.15, 0.2) is 12.3 Å². The van der Waals surface area contributed by atoms with Crippen LogP contribution in [0.25, 0.3) is 0 Å². The van der Waals surface area contributed by atoms with Gasteiger partial charge in [-0.3, -0.25) is 9.78 Å². The summed E-state index contributed by atoms with van der Waals surface area (Å²) in [6.45, 7) is 5.28. The first-order valence-electron chi connectivity index (χ1n) is 6.78. The Kier molecular flexibility index (Phi) is 4.83. The third-order valence-corrected chi connectivity index (χ3v) is 2.83. The summed E-state index contributed by atoms with van der Waals surface area (Å²) in [5.41, 5.74) is 3.53. The number of amides is 1. The maximum absolute atomic E-state index is 11.8. The maximum Gasteiger partial charge on any atom is 0.359 e. The molecular weight excluding hydrogens is 282 g/mol. The molecule has 22 heavy (non-hydrogen) atoms. The van der Waals surface area contributed by atoms with Gasteiger partial charge in [0.25, 0.3) is 5.91 Å². The third kappa shape index (κ3) is 4.37. The van der Waals surface area contributed by atoms with Crippen molar-refractivity contribution in [2.75, 3.05) is 11.9 Å². The molecule has 6 nitrogen and oxygen atoms in total. The highest BCUT2D eigenvalue weighted by Gasteiger charge is 2.12. The molecule has 0 bridgehead atoms. The highest BCUT2D eigenvalue weighted by molar-refractivity contribution is 5.94. The van der Waals surface area contributed by atoms with Crippen LogP contribution in [0.3, 0.4) is 0 Å². The summed E-state index contributed by atoms with van der Waals surface area (Å²) in [6.07, 6.45) is 2.78. The Hall–Kier alpha value is -2.76. The summed E-state index contributed by atoms with van der Waals surface area (Å²) in [5.74, 6) is -1.08. The van der Waals surface area contributed by atoms with Crippen LogP contribution in [0.5, 0.6) is 0 Å². The largest absolute Gasteiger partial charge is 0.451 e. The van der Waals surface area contributed by atoms with E-state index in [1.54, 1.807) is 6.92 Å². The van der Waals surface area contributed by atoms with Gasteiger partial charge in [0.1, 0.15) is 0 Å². The first-order chi connectivity index (χ1) is 10.4. The molecule has 1 amide bonds. The highest BCUT2D eigenvalue weighted by atomic mass is 16.5. The number of hydrogen-bond acceptors (Lipinski definition) is 5. The van der Waals surface area contributed by atoms with Crippen LogP contribution in [0.15, 0.2) is 30.6 Å². The van der Waals surface area contributed by atoms with E-state index in [1.165, 1.54) is 12.4 Å². The van der Waals surface area contributed by atoms with Crippen molar-refractivity contribution < 1.29 is 14.3 Å². The standard InChI is InChI=1S/C16H17N3O3/c1-10-4-11(2)6-13(5-10)19-15(20)9-22-16(21)14-8-17-12(3)7-18-14/h4-8H,9H2,1-3H3,(H,19,20). The van der Waals surface area contributed by atoms with Crippen LogP contribution in [0.1, 0.15) is 27.3 Å². The molecule has 114 valence electrons. The lowest BCUT2D eigenvalue weighted by molar-refractivity contribution is -0.119. The van der Waals surface area contributed by atoms with Gasteiger partial charge in [-0.05, 0) is 44.0 Å². The zero-order chi connectivity index (χ0) is 16.1. The molecule has 0 spiro atoms. The number of hydrogen-bond donors (Lipinski definition) is 1. The van der Waals surface area contributed by atoms with Crippen LogP contribution in [0, 0.1) is 20.8 Å². The number of esters is 1. The molecule has 1 aromatic heterocycles. The zero-order valence-electron chi connectivity index (χ0n) is 12.7. The minimum absolute atomic E-state index is 0.0739. The fourth-order valence-corrected chi connectivity index (χ4v) is 1.95. The van der Waals surface area contributed by atoms with Gasteiger partial charge in [-0.1, -0.05) is 6.07 Å². The Balaban J connectivity index is 1.89. The molecule has 0 saturated carbocycles. The Morgan fingerprint density at radius 2 is 1.73 bits per heavy atom. The molecule has 1 heterocycles. The molecule has 0 fully saturated rings. The third-order valence-electron chi connectivity index (χ3n) is 2.83. The van der Waals surface area contributed by atoms with Crippen LogP contribution in [-0.2, 0) is 9.53 Å². The molecule has 0 radical (unpaired) electrons. The summed E-state index contributed by atoms with van der Waals surface area (Å²) in [7, 11) is 0. The van der Waals surface area contributed by atoms with E-state index in [1.807, 2.05) is 32.0 Å². The number of ether oxygens (including phenoxy) is 1. The second-order valence-electron chi connectivity index (χ2n) is 5.04. The molecule has 0 aliphatic rings. The number of anilines is 1. The number of aryl methyl sites for hydroxylation is 3. The molecule has 0 atom stereocenters. The Bertz CT molecular complexity index is 676. The van der Waals surface area contributed by atoms with E-state index in [9.17, 15) is 9.59 Å². The molecule has 0 saturated heterocycles. The van der Waals surface area contributed by atoms with Crippen molar-refractivity contribution in [3.63, 3.8) is 0 Å². The summed E-state index contributed by atoms with van der Waals surface area (Å²) >= 11 is 0. The fourth-order valence-electron chi connectivity index (χ4n) is 1.95. The molecule has 2 rings (SSSR count). The Morgan fingerprint density at radius 3 is 2.32 bits per heavy atom. The molecule has 6 heteroatoms. The molecule has 0 unspecified atom stereocenters. The van der Waals surface area contributed by atoms with Crippen molar-refractivity contribution in [3.8, 4) is 0 Å². The SMILES string of the molecule is Cc1cc(C)cc(NC(=O)COC(=O)c2cnc(C)cn2)c1. The summed E-state index contributed by atoms with van der Waals surface area (Å²) in [6, 6.07) is 5.70. The van der Waals surface area contributed by atoms with Crippen molar-refractivity contribution in [1.29, 1.82) is 0 Å². The van der Waals surface area contributed by atoms with Gasteiger partial charge in [-0.2, -0.15) is 0 Å². The quantitative estimate of drug-likeness (QED) is 0.875. The van der Waals surface area contributed by atoms with Crippen molar-refractivity contribution in [1.82, 2.24) is 9.97 Å². The predicted molar refractivity (Wildman–Crippen MR) is 81.6 cm³/mol. The number of carbonyl (C=O) groups excluding carboxylic acids is 2. The lowest BCUT2D eigenvalue weighted by Crippen LogP contribution is -2.21. The molecule has 1 aromatic carbocycles. The summed E-state index contributed by atoms with van der Waals surface area (Å²) in [5, 5.41) is 2.69. The topological polar surface area (TPSA) is 81.2 Å². The van der Waals surface area contributed by atoms with Crippen molar-refractivity contribution in [3.05, 3.63) is 53.1 Å². The number of nitrogens with one attached hydrogen (secondary N) is 1. The van der Waals surface area contributed by atoms with Gasteiger partial charge < -0.3 is 10.1 Å². The smallest absolute Gasteiger partial charge is 0.359 e. The molecule has 0 aliphatic heterocycles. The molecule has 1 N–H and O–H groups in total. The van der Waals surface area contributed by atoms with E-state index in [0.717, 1.165) is 11.1 Å². The molecule has 2 aromatic rings. The van der Waals surface area contributed by atoms with Crippen LogP contribution in [0.4, 0.5) is 5.69 Å². The lowest BCUT2D eigenvalue weighted by atomic mass is 10.1. The first-order valence-corrected chi connectivity index (χ1v) is 6.78. The second-order valence-corrected chi connectivity index (χ2v) is 5.04. The second kappa shape index (κ2) is 6.80. The van der Waals surface area contributed by atoms with Crippen LogP contribution >= 0.6 is 0 Å². The van der Waals surface area contributed by atoms with Crippen LogP contribution in [0.2, 0.25) is 0 Å². The predicted octanol–water partition coefficient (Wildman–Crippen LogP) is 2.20. The van der Waals surface area contributed by atoms with Crippen LogP contribution < -0.4 is 5.32 Å². The van der Waals surface area contributed by atoms with Crippen LogP contribution in [-0.4, -0.2) is 28.5 Å². The average Bonchev–Trinajstić information content (AvgIpc) is 2.44. The van der Waals surface area contributed by atoms with E-state index in [2.05, 4.69) is 15.3 Å². The Morgan fingerprint density at radius 1 is 1.05 bits per heavy atom. The van der Waals surface area contributed by atoms with Gasteiger partial charge in [0, 0.05) is 11.9 Å². The van der Waals surface area contributed by atoms with E-state index in [-0.39, 0.29) is 12.3 Å². The maximum atomic E-state index is 11.8. The minimum atomic E-state index is -0.678. The van der Waals surface area contributed by atoms with Crippen molar-refractivity contribution in [2.45, 2.75) is 20.8 Å². The van der Waals surface area contributed by atoms with Gasteiger partial charge >= 0.3 is 5.97 Å². The summed E-state index contributed by atoms with van der Waals surface area (Å²) in [4.78, 5) is 31.4. The number of carbonyl (C=O) groups is 2. The average molecular weight is 299 g/mol. The first kappa shape index (κ1) is 15.6. The van der Waals surface area contributed by atoms with E-state index in [4.69, 9.17) is 4.74 Å². The minimum Gasteiger partial charge on any atom is -0.451 e. The Labute approximate surface area is 128 Å². The zero-order valence-corrected chi connectivity index (χ0v) is 12.7. The highest BCUT2D eigenvalue weighted by Crippen LogP contribution is 2.13. The fraction of sp³-hybridized carbons (Fsp3) is 0.250. The van der Waals surface area contributed by atoms with E-state index in [0.29, 0.717) is 11.4 Å². The number of aromatic nitrogens is 2. The normalized spacial score (nSPS) is 10.1. The number of benzene rings is 1. The lowest BCUT2D eigenvalue weighted by Gasteiger charge is -2.08. The van der Waals surface area contributed by atoms with Crippen molar-refractivity contribution >= 4 is 17.6 Å². The monoisotopic (exact) mass is 299 g/mol. The summed E-state index contributed by atoms with van der Waals surface area (Å²) < 4.78 is 4.91. The van der Waals surface area contributed by atoms with Crippen molar-refractivity contribution in [2.24, 2.45) is 0 Å². The number of rotatable bonds is 4. The van der Waals surface area contributed by atoms with Gasteiger partial charge in [0.2, 0.25) is 0 Å². The van der Waals surface area contributed by atoms with Gasteiger partial charge in [-0.15, -0.1) is 0 Å². The van der Waals surface area contributed by atoms with Gasteiger partial charge in [-0.25, -0.2) is 9.78 Å². The van der Waals surface area contributed by atoms with E-state index >= 15 is 0 Å². The van der Waals surface area contributed by atoms with Gasteiger partial charge in [0.05, 0.1) is 11.9 Å². The molecular formula is C16H17N3O3.